The molecule has 7 heteroatoms. The summed E-state index contributed by atoms with van der Waals surface area (Å²) in [6, 6.07) is 5.28. The van der Waals surface area contributed by atoms with E-state index in [0.29, 0.717) is 17.2 Å². The highest BCUT2D eigenvalue weighted by Gasteiger charge is 2.11. The van der Waals surface area contributed by atoms with Crippen molar-refractivity contribution >= 4 is 5.95 Å². The van der Waals surface area contributed by atoms with Crippen molar-refractivity contribution in [3.05, 3.63) is 18.2 Å². The molecule has 2 N–H and O–H groups in total. The minimum Gasteiger partial charge on any atom is -0.497 e. The lowest BCUT2D eigenvalue weighted by Crippen LogP contribution is -2.04. The zero-order valence-electron chi connectivity index (χ0n) is 8.91. The number of anilines is 1. The summed E-state index contributed by atoms with van der Waals surface area (Å²) < 4.78 is 11.7. The van der Waals surface area contributed by atoms with E-state index in [-0.39, 0.29) is 5.95 Å². The molecule has 0 amide bonds. The molecule has 1 heterocycles. The molecule has 2 aromatic rings. The van der Waals surface area contributed by atoms with Crippen LogP contribution in [0, 0.1) is 0 Å². The Balaban J connectivity index is 2.57. The van der Waals surface area contributed by atoms with Crippen molar-refractivity contribution < 1.29 is 9.47 Å². The van der Waals surface area contributed by atoms with E-state index in [1.54, 1.807) is 32.4 Å². The standard InChI is InChI=1S/C9H11N5O2/c1-15-6-3-4-8(16-2)7(5-6)14-9(10)11-12-13-14/h3-5H,1-2H3,(H2,10,11,13). The second-order valence-electron chi connectivity index (χ2n) is 2.99. The van der Waals surface area contributed by atoms with Crippen LogP contribution in [0.25, 0.3) is 5.69 Å². The first-order valence-corrected chi connectivity index (χ1v) is 4.52. The average molecular weight is 221 g/mol. The van der Waals surface area contributed by atoms with E-state index >= 15 is 0 Å². The number of tetrazole rings is 1. The molecule has 0 aliphatic rings. The highest BCUT2D eigenvalue weighted by Crippen LogP contribution is 2.27. The molecule has 0 aliphatic carbocycles. The van der Waals surface area contributed by atoms with Gasteiger partial charge in [-0.3, -0.25) is 0 Å². The van der Waals surface area contributed by atoms with Gasteiger partial charge in [0.15, 0.2) is 0 Å². The summed E-state index contributed by atoms with van der Waals surface area (Å²) in [5.41, 5.74) is 6.25. The molecular weight excluding hydrogens is 210 g/mol. The number of benzene rings is 1. The maximum absolute atomic E-state index is 5.62. The number of methoxy groups -OCH3 is 2. The van der Waals surface area contributed by atoms with Gasteiger partial charge in [0.25, 0.3) is 0 Å². The average Bonchev–Trinajstić information content (AvgIpc) is 2.74. The van der Waals surface area contributed by atoms with Gasteiger partial charge in [0, 0.05) is 6.07 Å². The van der Waals surface area contributed by atoms with Crippen molar-refractivity contribution in [1.29, 1.82) is 0 Å². The van der Waals surface area contributed by atoms with E-state index in [1.807, 2.05) is 0 Å². The molecule has 84 valence electrons. The highest BCUT2D eigenvalue weighted by molar-refractivity contribution is 5.52. The fraction of sp³-hybridized carbons (Fsp3) is 0.222. The summed E-state index contributed by atoms with van der Waals surface area (Å²) >= 11 is 0. The Labute approximate surface area is 91.8 Å². The number of ether oxygens (including phenoxy) is 2. The summed E-state index contributed by atoms with van der Waals surface area (Å²) in [6.07, 6.45) is 0. The van der Waals surface area contributed by atoms with Crippen molar-refractivity contribution in [2.24, 2.45) is 0 Å². The van der Waals surface area contributed by atoms with Gasteiger partial charge in [-0.25, -0.2) is 0 Å². The van der Waals surface area contributed by atoms with Crippen LogP contribution in [0.4, 0.5) is 5.95 Å². The van der Waals surface area contributed by atoms with Gasteiger partial charge in [-0.1, -0.05) is 5.10 Å². The molecule has 1 aromatic carbocycles. The minimum absolute atomic E-state index is 0.187. The van der Waals surface area contributed by atoms with Gasteiger partial charge in [0.05, 0.1) is 14.2 Å². The van der Waals surface area contributed by atoms with E-state index in [2.05, 4.69) is 15.5 Å². The lowest BCUT2D eigenvalue weighted by atomic mass is 10.2. The Kier molecular flexibility index (Phi) is 2.59. The number of hydrogen-bond donors (Lipinski definition) is 1. The van der Waals surface area contributed by atoms with Gasteiger partial charge in [0.1, 0.15) is 17.2 Å². The first-order chi connectivity index (χ1) is 7.76. The van der Waals surface area contributed by atoms with E-state index < -0.39 is 0 Å². The number of rotatable bonds is 3. The lowest BCUT2D eigenvalue weighted by molar-refractivity contribution is 0.400. The third-order valence-electron chi connectivity index (χ3n) is 2.11. The fourth-order valence-electron chi connectivity index (χ4n) is 1.33. The van der Waals surface area contributed by atoms with Gasteiger partial charge in [-0.15, -0.1) is 0 Å². The van der Waals surface area contributed by atoms with E-state index in [0.717, 1.165) is 0 Å². The third-order valence-corrected chi connectivity index (χ3v) is 2.11. The Bertz CT molecular complexity index is 496. The normalized spacial score (nSPS) is 10.1. The van der Waals surface area contributed by atoms with Gasteiger partial charge in [-0.2, -0.15) is 4.68 Å². The van der Waals surface area contributed by atoms with Crippen LogP contribution in [-0.2, 0) is 0 Å². The number of hydrogen-bond acceptors (Lipinski definition) is 6. The molecule has 0 radical (unpaired) electrons. The van der Waals surface area contributed by atoms with Gasteiger partial charge >= 0.3 is 0 Å². The SMILES string of the molecule is COc1ccc(OC)c(-n2nnnc2N)c1. The Morgan fingerprint density at radius 3 is 2.62 bits per heavy atom. The molecular formula is C9H11N5O2. The van der Waals surface area contributed by atoms with Crippen LogP contribution in [0.2, 0.25) is 0 Å². The predicted molar refractivity (Wildman–Crippen MR) is 56.7 cm³/mol. The Hall–Kier alpha value is -2.31. The summed E-state index contributed by atoms with van der Waals surface area (Å²) in [5, 5.41) is 10.8. The first kappa shape index (κ1) is 10.2. The zero-order valence-corrected chi connectivity index (χ0v) is 8.91. The molecule has 16 heavy (non-hydrogen) atoms. The molecule has 0 aliphatic heterocycles. The monoisotopic (exact) mass is 221 g/mol. The van der Waals surface area contributed by atoms with Crippen molar-refractivity contribution in [2.75, 3.05) is 20.0 Å². The third kappa shape index (κ3) is 1.62. The second-order valence-corrected chi connectivity index (χ2v) is 2.99. The maximum atomic E-state index is 5.62. The summed E-state index contributed by atoms with van der Waals surface area (Å²) in [6.45, 7) is 0. The molecule has 7 nitrogen and oxygen atoms in total. The summed E-state index contributed by atoms with van der Waals surface area (Å²) in [4.78, 5) is 0. The molecule has 0 spiro atoms. The van der Waals surface area contributed by atoms with Crippen LogP contribution in [0.15, 0.2) is 18.2 Å². The van der Waals surface area contributed by atoms with E-state index in [4.69, 9.17) is 15.2 Å². The smallest absolute Gasteiger partial charge is 0.245 e. The molecule has 0 atom stereocenters. The summed E-state index contributed by atoms with van der Waals surface area (Å²) in [5.74, 6) is 1.47. The van der Waals surface area contributed by atoms with Gasteiger partial charge < -0.3 is 15.2 Å². The maximum Gasteiger partial charge on any atom is 0.245 e. The second kappa shape index (κ2) is 4.05. The Morgan fingerprint density at radius 1 is 1.25 bits per heavy atom. The van der Waals surface area contributed by atoms with Crippen LogP contribution in [0.5, 0.6) is 11.5 Å². The number of nitrogens with zero attached hydrogens (tertiary/aromatic N) is 4. The van der Waals surface area contributed by atoms with E-state index in [9.17, 15) is 0 Å². The molecule has 0 saturated heterocycles. The van der Waals surface area contributed by atoms with Crippen molar-refractivity contribution in [3.63, 3.8) is 0 Å². The molecule has 1 aromatic heterocycles. The van der Waals surface area contributed by atoms with E-state index in [1.165, 1.54) is 4.68 Å². The minimum atomic E-state index is 0.187. The fourth-order valence-corrected chi connectivity index (χ4v) is 1.33. The zero-order chi connectivity index (χ0) is 11.5. The number of nitrogen functional groups attached to an aromatic ring is 1. The first-order valence-electron chi connectivity index (χ1n) is 4.52. The molecule has 2 rings (SSSR count). The Morgan fingerprint density at radius 2 is 2.06 bits per heavy atom. The molecule has 0 bridgehead atoms. The van der Waals surface area contributed by atoms with Crippen LogP contribution in [0.3, 0.4) is 0 Å². The van der Waals surface area contributed by atoms with Crippen molar-refractivity contribution in [3.8, 4) is 17.2 Å². The summed E-state index contributed by atoms with van der Waals surface area (Å²) in [7, 11) is 3.14. The van der Waals surface area contributed by atoms with Crippen LogP contribution >= 0.6 is 0 Å². The lowest BCUT2D eigenvalue weighted by Gasteiger charge is -2.09. The van der Waals surface area contributed by atoms with Crippen LogP contribution in [-0.4, -0.2) is 34.4 Å². The van der Waals surface area contributed by atoms with Gasteiger partial charge in [0.2, 0.25) is 5.95 Å². The predicted octanol–water partition coefficient (Wildman–Crippen LogP) is 0.262. The quantitative estimate of drug-likeness (QED) is 0.799. The highest BCUT2D eigenvalue weighted by atomic mass is 16.5. The molecule has 0 unspecified atom stereocenters. The molecule has 0 saturated carbocycles. The van der Waals surface area contributed by atoms with Gasteiger partial charge in [-0.05, 0) is 22.6 Å². The largest absolute Gasteiger partial charge is 0.497 e. The molecule has 0 fully saturated rings. The number of aromatic nitrogens is 4. The van der Waals surface area contributed by atoms with Crippen LogP contribution < -0.4 is 15.2 Å². The van der Waals surface area contributed by atoms with Crippen molar-refractivity contribution in [1.82, 2.24) is 20.2 Å². The topological polar surface area (TPSA) is 88.1 Å². The number of nitrogens with two attached hydrogens (primary N) is 1. The van der Waals surface area contributed by atoms with Crippen molar-refractivity contribution in [2.45, 2.75) is 0 Å². The van der Waals surface area contributed by atoms with Crippen LogP contribution in [0.1, 0.15) is 0 Å².